The molecule has 0 aliphatic heterocycles. The van der Waals surface area contributed by atoms with Crippen LogP contribution in [0.15, 0.2) is 22.8 Å². The van der Waals surface area contributed by atoms with Gasteiger partial charge in [-0.15, -0.1) is 0 Å². The first-order valence-electron chi connectivity index (χ1n) is 5.55. The number of hydrogen-bond acceptors (Lipinski definition) is 5. The first-order chi connectivity index (χ1) is 8.44. The van der Waals surface area contributed by atoms with Crippen molar-refractivity contribution in [2.75, 3.05) is 12.9 Å². The van der Waals surface area contributed by atoms with Crippen LogP contribution in [0.4, 0.5) is 0 Å². The number of rotatable bonds is 7. The summed E-state index contributed by atoms with van der Waals surface area (Å²) >= 11 is 0. The maximum Gasteiger partial charge on any atom is 0.305 e. The minimum atomic E-state index is -3.43. The van der Waals surface area contributed by atoms with Crippen molar-refractivity contribution in [2.45, 2.75) is 25.8 Å². The Hall–Kier alpha value is -1.34. The highest BCUT2D eigenvalue weighted by molar-refractivity contribution is 7.89. The molecule has 1 rings (SSSR count). The quantitative estimate of drug-likeness (QED) is 0.756. The summed E-state index contributed by atoms with van der Waals surface area (Å²) in [6.07, 6.45) is 1.80. The minimum Gasteiger partial charge on any atom is -0.469 e. The van der Waals surface area contributed by atoms with E-state index in [0.717, 1.165) is 0 Å². The minimum absolute atomic E-state index is 0.0898. The van der Waals surface area contributed by atoms with E-state index in [2.05, 4.69) is 9.46 Å². The highest BCUT2D eigenvalue weighted by Crippen LogP contribution is 2.13. The van der Waals surface area contributed by atoms with E-state index in [9.17, 15) is 13.2 Å². The summed E-state index contributed by atoms with van der Waals surface area (Å²) in [5, 5.41) is 0. The molecule has 18 heavy (non-hydrogen) atoms. The average molecular weight is 275 g/mol. The van der Waals surface area contributed by atoms with Crippen LogP contribution in [0.25, 0.3) is 0 Å². The first kappa shape index (κ1) is 14.7. The van der Waals surface area contributed by atoms with E-state index in [-0.39, 0.29) is 18.6 Å². The van der Waals surface area contributed by atoms with Gasteiger partial charge in [0, 0.05) is 6.42 Å². The lowest BCUT2D eigenvalue weighted by Gasteiger charge is -2.11. The molecule has 102 valence electrons. The van der Waals surface area contributed by atoms with Crippen molar-refractivity contribution >= 4 is 16.0 Å². The van der Waals surface area contributed by atoms with Crippen LogP contribution in [0, 0.1) is 0 Å². The second kappa shape index (κ2) is 6.55. The molecule has 6 nitrogen and oxygen atoms in total. The summed E-state index contributed by atoms with van der Waals surface area (Å²) in [7, 11) is -2.16. The van der Waals surface area contributed by atoms with E-state index >= 15 is 0 Å². The van der Waals surface area contributed by atoms with Crippen molar-refractivity contribution in [1.29, 1.82) is 0 Å². The Kier molecular flexibility index (Phi) is 5.36. The molecule has 1 atom stereocenters. The van der Waals surface area contributed by atoms with Crippen LogP contribution in [-0.2, 0) is 19.6 Å². The monoisotopic (exact) mass is 275 g/mol. The molecule has 0 radical (unpaired) electrons. The third kappa shape index (κ3) is 4.89. The Morgan fingerprint density at radius 1 is 1.56 bits per heavy atom. The van der Waals surface area contributed by atoms with Gasteiger partial charge in [0.2, 0.25) is 10.0 Å². The fraction of sp³-hybridized carbons (Fsp3) is 0.545. The number of methoxy groups -OCH3 is 1. The average Bonchev–Trinajstić information content (AvgIpc) is 2.81. The maximum absolute atomic E-state index is 11.7. The Bertz CT molecular complexity index is 466. The van der Waals surface area contributed by atoms with Crippen LogP contribution in [0.1, 0.15) is 31.6 Å². The largest absolute Gasteiger partial charge is 0.469 e. The van der Waals surface area contributed by atoms with Gasteiger partial charge in [0.05, 0.1) is 25.2 Å². The van der Waals surface area contributed by atoms with Crippen molar-refractivity contribution in [3.8, 4) is 0 Å². The van der Waals surface area contributed by atoms with Crippen molar-refractivity contribution in [3.05, 3.63) is 24.2 Å². The van der Waals surface area contributed by atoms with Crippen molar-refractivity contribution in [3.63, 3.8) is 0 Å². The molecule has 1 N–H and O–H groups in total. The van der Waals surface area contributed by atoms with Gasteiger partial charge in [-0.05, 0) is 25.5 Å². The van der Waals surface area contributed by atoms with Gasteiger partial charge in [0.1, 0.15) is 5.76 Å². The molecule has 7 heteroatoms. The summed E-state index contributed by atoms with van der Waals surface area (Å²) in [6.45, 7) is 1.69. The number of carbonyl (C=O) groups excluding carboxylic acids is 1. The molecule has 0 bridgehead atoms. The normalized spacial score (nSPS) is 13.2. The highest BCUT2D eigenvalue weighted by Gasteiger charge is 2.17. The van der Waals surface area contributed by atoms with Gasteiger partial charge < -0.3 is 9.15 Å². The third-order valence-electron chi connectivity index (χ3n) is 2.35. The van der Waals surface area contributed by atoms with E-state index in [1.807, 2.05) is 0 Å². The number of hydrogen-bond donors (Lipinski definition) is 1. The summed E-state index contributed by atoms with van der Waals surface area (Å²) in [4.78, 5) is 10.9. The zero-order valence-electron chi connectivity index (χ0n) is 10.4. The van der Waals surface area contributed by atoms with Gasteiger partial charge in [-0.3, -0.25) is 4.79 Å². The number of furan rings is 1. The molecule has 0 aliphatic carbocycles. The molecule has 0 saturated heterocycles. The van der Waals surface area contributed by atoms with Crippen LogP contribution in [0.2, 0.25) is 0 Å². The van der Waals surface area contributed by atoms with Crippen molar-refractivity contribution in [2.24, 2.45) is 0 Å². The number of esters is 1. The van der Waals surface area contributed by atoms with Crippen LogP contribution < -0.4 is 4.72 Å². The number of nitrogens with one attached hydrogen (secondary N) is 1. The second-order valence-corrected chi connectivity index (χ2v) is 5.73. The Labute approximate surface area is 106 Å². The highest BCUT2D eigenvalue weighted by atomic mass is 32.2. The molecule has 0 aromatic carbocycles. The molecule has 0 aliphatic rings. The van der Waals surface area contributed by atoms with Crippen molar-refractivity contribution < 1.29 is 22.4 Å². The predicted octanol–water partition coefficient (Wildman–Crippen LogP) is 1.21. The summed E-state index contributed by atoms with van der Waals surface area (Å²) in [6, 6.07) is 2.96. The van der Waals surface area contributed by atoms with Gasteiger partial charge in [0.15, 0.2) is 0 Å². The van der Waals surface area contributed by atoms with Gasteiger partial charge in [-0.2, -0.15) is 0 Å². The summed E-state index contributed by atoms with van der Waals surface area (Å²) in [5.41, 5.74) is 0. The molecular formula is C11H17NO5S. The topological polar surface area (TPSA) is 85.6 Å². The Morgan fingerprint density at radius 3 is 2.83 bits per heavy atom. The van der Waals surface area contributed by atoms with E-state index < -0.39 is 22.0 Å². The van der Waals surface area contributed by atoms with Gasteiger partial charge in [0.25, 0.3) is 0 Å². The molecule has 1 heterocycles. The fourth-order valence-electron chi connectivity index (χ4n) is 1.43. The molecule has 0 spiro atoms. The van der Waals surface area contributed by atoms with E-state index in [4.69, 9.17) is 4.42 Å². The van der Waals surface area contributed by atoms with Crippen LogP contribution in [-0.4, -0.2) is 27.2 Å². The molecular weight excluding hydrogens is 258 g/mol. The van der Waals surface area contributed by atoms with Gasteiger partial charge >= 0.3 is 5.97 Å². The van der Waals surface area contributed by atoms with Crippen LogP contribution in [0.3, 0.4) is 0 Å². The lowest BCUT2D eigenvalue weighted by molar-refractivity contribution is -0.140. The van der Waals surface area contributed by atoms with E-state index in [1.54, 1.807) is 19.1 Å². The molecule has 1 aromatic heterocycles. The van der Waals surface area contributed by atoms with Crippen LogP contribution >= 0.6 is 0 Å². The van der Waals surface area contributed by atoms with Gasteiger partial charge in [-0.1, -0.05) is 0 Å². The zero-order chi connectivity index (χ0) is 13.6. The SMILES string of the molecule is COC(=O)CCCS(=O)(=O)N[C@@H](C)c1ccco1. The summed E-state index contributed by atoms with van der Waals surface area (Å²) < 4.78 is 35.4. The van der Waals surface area contributed by atoms with Gasteiger partial charge in [-0.25, -0.2) is 13.1 Å². The standard InChI is InChI=1S/C11H17NO5S/c1-9(10-5-3-7-17-10)12-18(14,15)8-4-6-11(13)16-2/h3,5,7,9,12H,4,6,8H2,1-2H3/t9-/m0/s1. The molecule has 0 unspecified atom stereocenters. The number of sulfonamides is 1. The molecule has 0 amide bonds. The third-order valence-corrected chi connectivity index (χ3v) is 3.89. The predicted molar refractivity (Wildman–Crippen MR) is 65.3 cm³/mol. The molecule has 0 saturated carbocycles. The van der Waals surface area contributed by atoms with E-state index in [1.165, 1.54) is 13.4 Å². The fourth-order valence-corrected chi connectivity index (χ4v) is 2.73. The molecule has 1 aromatic rings. The molecule has 0 fully saturated rings. The number of carbonyl (C=O) groups is 1. The summed E-state index contributed by atoms with van der Waals surface area (Å²) in [5.74, 6) is 0.0171. The Morgan fingerprint density at radius 2 is 2.28 bits per heavy atom. The lowest BCUT2D eigenvalue weighted by Crippen LogP contribution is -2.29. The first-order valence-corrected chi connectivity index (χ1v) is 7.20. The number of ether oxygens (including phenoxy) is 1. The lowest BCUT2D eigenvalue weighted by atomic mass is 10.3. The Balaban J connectivity index is 2.42. The smallest absolute Gasteiger partial charge is 0.305 e. The second-order valence-electron chi connectivity index (χ2n) is 3.85. The zero-order valence-corrected chi connectivity index (χ0v) is 11.2. The van der Waals surface area contributed by atoms with Crippen molar-refractivity contribution in [1.82, 2.24) is 4.72 Å². The van der Waals surface area contributed by atoms with E-state index in [0.29, 0.717) is 5.76 Å². The maximum atomic E-state index is 11.7. The van der Waals surface area contributed by atoms with Crippen LogP contribution in [0.5, 0.6) is 0 Å².